The second-order valence-electron chi connectivity index (χ2n) is 3.68. The number of nitrogen functional groups attached to an aromatic ring is 1. The van der Waals surface area contributed by atoms with Crippen molar-refractivity contribution in [2.24, 2.45) is 0 Å². The highest BCUT2D eigenvalue weighted by molar-refractivity contribution is 6.04. The monoisotopic (exact) mass is 232 g/mol. The smallest absolute Gasteiger partial charge is 0.328 e. The van der Waals surface area contributed by atoms with E-state index in [-0.39, 0.29) is 11.9 Å². The first-order valence-electron chi connectivity index (χ1n) is 5.04. The second-order valence-corrected chi connectivity index (χ2v) is 3.68. The minimum absolute atomic E-state index is 0.0781. The third kappa shape index (κ3) is 2.41. The summed E-state index contributed by atoms with van der Waals surface area (Å²) >= 11 is 0. The summed E-state index contributed by atoms with van der Waals surface area (Å²) in [5, 5.41) is 6.09. The number of nitrogens with one attached hydrogen (secondary N) is 1. The Balaban J connectivity index is 2.22. The first-order chi connectivity index (χ1) is 8.06. The van der Waals surface area contributed by atoms with Crippen LogP contribution in [0.5, 0.6) is 0 Å². The van der Waals surface area contributed by atoms with Gasteiger partial charge in [0, 0.05) is 11.3 Å². The Hall–Kier alpha value is -2.37. The molecule has 0 spiro atoms. The van der Waals surface area contributed by atoms with E-state index in [1.54, 1.807) is 25.1 Å². The molecule has 1 heterocycles. The van der Waals surface area contributed by atoms with E-state index >= 15 is 0 Å². The van der Waals surface area contributed by atoms with E-state index in [4.69, 9.17) is 10.3 Å². The molecule has 2 rings (SSSR count). The van der Waals surface area contributed by atoms with Crippen LogP contribution >= 0.6 is 0 Å². The lowest BCUT2D eigenvalue weighted by Crippen LogP contribution is -2.14. The fraction of sp³-hybridized carbons (Fsp3) is 0.182. The fourth-order valence-corrected chi connectivity index (χ4v) is 1.40. The van der Waals surface area contributed by atoms with Crippen molar-refractivity contribution in [1.82, 2.24) is 10.1 Å². The lowest BCUT2D eigenvalue weighted by Gasteiger charge is -2.05. The third-order valence-electron chi connectivity index (χ3n) is 2.25. The van der Waals surface area contributed by atoms with Crippen molar-refractivity contribution >= 4 is 17.6 Å². The van der Waals surface area contributed by atoms with Crippen LogP contribution in [-0.2, 0) is 0 Å². The summed E-state index contributed by atoms with van der Waals surface area (Å²) in [7, 11) is 0. The average Bonchev–Trinajstić information content (AvgIpc) is 2.67. The van der Waals surface area contributed by atoms with E-state index in [1.165, 1.54) is 0 Å². The molecule has 0 aliphatic rings. The number of anilines is 2. The summed E-state index contributed by atoms with van der Waals surface area (Å²) in [5.74, 6) is 0.142. The molecule has 88 valence electrons. The Morgan fingerprint density at radius 1 is 1.41 bits per heavy atom. The molecule has 1 aromatic carbocycles. The average molecular weight is 232 g/mol. The summed E-state index contributed by atoms with van der Waals surface area (Å²) in [6.45, 7) is 3.50. The van der Waals surface area contributed by atoms with Gasteiger partial charge in [-0.3, -0.25) is 10.1 Å². The highest BCUT2D eigenvalue weighted by atomic mass is 16.5. The molecular weight excluding hydrogens is 220 g/mol. The third-order valence-corrected chi connectivity index (χ3v) is 2.25. The number of amides is 1. The molecule has 3 N–H and O–H groups in total. The molecule has 2 aromatic rings. The number of aryl methyl sites for hydroxylation is 2. The van der Waals surface area contributed by atoms with Crippen LogP contribution in [0, 0.1) is 13.8 Å². The molecule has 0 aliphatic heterocycles. The Bertz CT molecular complexity index is 562. The molecule has 0 saturated carbocycles. The van der Waals surface area contributed by atoms with Gasteiger partial charge in [0.25, 0.3) is 5.91 Å². The summed E-state index contributed by atoms with van der Waals surface area (Å²) in [6, 6.07) is 5.20. The van der Waals surface area contributed by atoms with Crippen molar-refractivity contribution in [3.63, 3.8) is 0 Å². The molecule has 0 aliphatic carbocycles. The maximum absolute atomic E-state index is 11.9. The van der Waals surface area contributed by atoms with Crippen LogP contribution in [0.25, 0.3) is 0 Å². The van der Waals surface area contributed by atoms with Crippen LogP contribution in [0.15, 0.2) is 22.7 Å². The van der Waals surface area contributed by atoms with E-state index in [9.17, 15) is 4.79 Å². The largest absolute Gasteiger partial charge is 0.399 e. The van der Waals surface area contributed by atoms with E-state index in [1.807, 2.05) is 6.92 Å². The van der Waals surface area contributed by atoms with Crippen molar-refractivity contribution in [1.29, 1.82) is 0 Å². The second kappa shape index (κ2) is 4.25. The number of hydrogen-bond donors (Lipinski definition) is 2. The van der Waals surface area contributed by atoms with Crippen molar-refractivity contribution in [2.45, 2.75) is 13.8 Å². The van der Waals surface area contributed by atoms with Crippen LogP contribution in [0.3, 0.4) is 0 Å². The van der Waals surface area contributed by atoms with Gasteiger partial charge in [-0.2, -0.15) is 4.98 Å². The minimum atomic E-state index is -0.321. The van der Waals surface area contributed by atoms with Crippen LogP contribution < -0.4 is 11.1 Å². The number of carbonyl (C=O) groups is 1. The van der Waals surface area contributed by atoms with Crippen LogP contribution in [0.4, 0.5) is 11.7 Å². The zero-order valence-corrected chi connectivity index (χ0v) is 9.52. The van der Waals surface area contributed by atoms with Gasteiger partial charge in [-0.15, -0.1) is 0 Å². The minimum Gasteiger partial charge on any atom is -0.399 e. The summed E-state index contributed by atoms with van der Waals surface area (Å²) in [6.07, 6.45) is 0. The van der Waals surface area contributed by atoms with E-state index < -0.39 is 0 Å². The normalized spacial score (nSPS) is 10.2. The van der Waals surface area contributed by atoms with Crippen molar-refractivity contribution in [3.05, 3.63) is 35.2 Å². The van der Waals surface area contributed by atoms with Crippen LogP contribution in [0.2, 0.25) is 0 Å². The van der Waals surface area contributed by atoms with Gasteiger partial charge in [-0.25, -0.2) is 0 Å². The van der Waals surface area contributed by atoms with Crippen molar-refractivity contribution in [2.75, 3.05) is 11.1 Å². The molecule has 0 unspecified atom stereocenters. The van der Waals surface area contributed by atoms with Gasteiger partial charge >= 0.3 is 6.01 Å². The molecule has 0 saturated heterocycles. The summed E-state index contributed by atoms with van der Waals surface area (Å²) in [4.78, 5) is 15.8. The number of aromatic nitrogens is 2. The van der Waals surface area contributed by atoms with E-state index in [2.05, 4.69) is 15.5 Å². The van der Waals surface area contributed by atoms with Gasteiger partial charge in [0.1, 0.15) is 0 Å². The molecular formula is C11H12N4O2. The topological polar surface area (TPSA) is 94.0 Å². The first-order valence-corrected chi connectivity index (χ1v) is 5.04. The first kappa shape index (κ1) is 11.1. The zero-order valence-electron chi connectivity index (χ0n) is 9.52. The maximum Gasteiger partial charge on any atom is 0.328 e. The Labute approximate surface area is 97.8 Å². The summed E-state index contributed by atoms with van der Waals surface area (Å²) in [5.41, 5.74) is 7.48. The molecule has 6 heteroatoms. The van der Waals surface area contributed by atoms with Gasteiger partial charge in [-0.1, -0.05) is 11.2 Å². The highest BCUT2D eigenvalue weighted by Gasteiger charge is 2.12. The van der Waals surface area contributed by atoms with Crippen molar-refractivity contribution < 1.29 is 9.32 Å². The molecule has 0 radical (unpaired) electrons. The predicted octanol–water partition coefficient (Wildman–Crippen LogP) is 1.52. The van der Waals surface area contributed by atoms with Gasteiger partial charge in [-0.05, 0) is 31.5 Å². The van der Waals surface area contributed by atoms with Gasteiger partial charge in [0.05, 0.1) is 0 Å². The van der Waals surface area contributed by atoms with Crippen molar-refractivity contribution in [3.8, 4) is 0 Å². The molecule has 17 heavy (non-hydrogen) atoms. The van der Waals surface area contributed by atoms with Gasteiger partial charge < -0.3 is 10.3 Å². The molecule has 6 nitrogen and oxygen atoms in total. The predicted molar refractivity (Wildman–Crippen MR) is 62.6 cm³/mol. The zero-order chi connectivity index (χ0) is 12.4. The number of carbonyl (C=O) groups excluding carboxylic acids is 1. The van der Waals surface area contributed by atoms with Gasteiger partial charge in [0.2, 0.25) is 0 Å². The quantitative estimate of drug-likeness (QED) is 0.765. The van der Waals surface area contributed by atoms with Crippen LogP contribution in [-0.4, -0.2) is 16.0 Å². The number of nitrogens with two attached hydrogens (primary N) is 1. The number of hydrogen-bond acceptors (Lipinski definition) is 5. The molecule has 0 atom stereocenters. The number of nitrogens with zero attached hydrogens (tertiary/aromatic N) is 2. The van der Waals surface area contributed by atoms with Crippen LogP contribution in [0.1, 0.15) is 21.7 Å². The molecule has 0 bridgehead atoms. The lowest BCUT2D eigenvalue weighted by atomic mass is 10.1. The molecule has 1 aromatic heterocycles. The highest BCUT2D eigenvalue weighted by Crippen LogP contribution is 2.14. The SMILES string of the molecule is Cc1noc(NC(=O)c2cc(N)ccc2C)n1. The number of rotatable bonds is 2. The standard InChI is InChI=1S/C11H12N4O2/c1-6-3-4-8(12)5-9(6)10(16)14-11-13-7(2)15-17-11/h3-5H,12H2,1-2H3,(H,13,14,15,16). The Morgan fingerprint density at radius 3 is 2.82 bits per heavy atom. The Morgan fingerprint density at radius 2 is 2.18 bits per heavy atom. The fourth-order valence-electron chi connectivity index (χ4n) is 1.40. The lowest BCUT2D eigenvalue weighted by molar-refractivity contribution is 0.102. The summed E-state index contributed by atoms with van der Waals surface area (Å²) < 4.78 is 4.80. The number of benzene rings is 1. The molecule has 1 amide bonds. The van der Waals surface area contributed by atoms with E-state index in [0.717, 1.165) is 5.56 Å². The maximum atomic E-state index is 11.9. The van der Waals surface area contributed by atoms with E-state index in [0.29, 0.717) is 17.1 Å². The van der Waals surface area contributed by atoms with Gasteiger partial charge in [0.15, 0.2) is 5.82 Å². The molecule has 0 fully saturated rings. The Kier molecular flexibility index (Phi) is 2.78.